The Morgan fingerprint density at radius 2 is 0.947 bits per heavy atom. The first-order chi connectivity index (χ1) is 18.4. The molecular formula is C34H69NO3. The molecule has 38 heavy (non-hydrogen) atoms. The maximum absolute atomic E-state index is 10.2. The van der Waals surface area contributed by atoms with Crippen molar-refractivity contribution in [3.05, 3.63) is 12.2 Å². The van der Waals surface area contributed by atoms with E-state index < -0.39 is 5.97 Å². The number of carboxylic acid groups (broad SMARTS) is 1. The van der Waals surface area contributed by atoms with Crippen molar-refractivity contribution in [2.24, 2.45) is 0 Å². The van der Waals surface area contributed by atoms with E-state index in [1.165, 1.54) is 135 Å². The molecule has 0 unspecified atom stereocenters. The number of rotatable bonds is 28. The lowest BCUT2D eigenvalue weighted by molar-refractivity contribution is -0.890. The van der Waals surface area contributed by atoms with E-state index in [2.05, 4.69) is 40.1 Å². The van der Waals surface area contributed by atoms with Gasteiger partial charge in [-0.1, -0.05) is 129 Å². The quantitative estimate of drug-likeness (QED) is 0.0614. The number of nitrogens with zero attached hydrogens (tertiary/aromatic N) is 1. The van der Waals surface area contributed by atoms with Crippen LogP contribution in [0.3, 0.4) is 0 Å². The molecule has 228 valence electrons. The highest BCUT2D eigenvalue weighted by Crippen LogP contribution is 2.12. The molecule has 0 saturated carbocycles. The van der Waals surface area contributed by atoms with Crippen LogP contribution in [0.2, 0.25) is 0 Å². The summed E-state index contributed by atoms with van der Waals surface area (Å²) in [4.78, 5) is 10.2. The molecule has 0 rings (SSSR count). The predicted octanol–water partition coefficient (Wildman–Crippen LogP) is 8.75. The molecule has 0 heterocycles. The average Bonchev–Trinajstić information content (AvgIpc) is 2.87. The number of carbonyl (C=O) groups excluding carboxylic acids is 1. The second-order valence-corrected chi connectivity index (χ2v) is 12.0. The molecule has 0 aliphatic rings. The minimum atomic E-state index is -0.914. The van der Waals surface area contributed by atoms with E-state index in [1.807, 2.05) is 0 Å². The van der Waals surface area contributed by atoms with Gasteiger partial charge >= 0.3 is 0 Å². The number of carboxylic acids is 1. The maximum atomic E-state index is 10.2. The molecule has 0 aliphatic carbocycles. The molecule has 1 N–H and O–H groups in total. The summed E-state index contributed by atoms with van der Waals surface area (Å²) in [6, 6.07) is 0. The van der Waals surface area contributed by atoms with Crippen molar-refractivity contribution in [2.75, 3.05) is 33.8 Å². The number of carbonyl (C=O) groups is 1. The van der Waals surface area contributed by atoms with Gasteiger partial charge in [0.25, 0.3) is 0 Å². The Morgan fingerprint density at radius 3 is 1.34 bits per heavy atom. The lowest BCUT2D eigenvalue weighted by Gasteiger charge is -2.28. The Labute approximate surface area is 239 Å². The van der Waals surface area contributed by atoms with Gasteiger partial charge in [0.1, 0.15) is 6.54 Å². The SMILES string of the molecule is CCCCCCCCC=CCCCCCCCC(=O)[O-].CCCCCCCCCCCC[N+](C)(C)CCO. The fourth-order valence-corrected chi connectivity index (χ4v) is 4.75. The monoisotopic (exact) mass is 540 g/mol. The lowest BCUT2D eigenvalue weighted by Crippen LogP contribution is -2.42. The number of likely N-dealkylation sites (N-methyl/N-ethyl adjacent to an activating group) is 1. The molecule has 0 spiro atoms. The van der Waals surface area contributed by atoms with Crippen LogP contribution >= 0.6 is 0 Å². The molecule has 0 aliphatic heterocycles. The first-order valence-corrected chi connectivity index (χ1v) is 16.7. The van der Waals surface area contributed by atoms with Gasteiger partial charge < -0.3 is 19.5 Å². The van der Waals surface area contributed by atoms with E-state index in [-0.39, 0.29) is 6.42 Å². The average molecular weight is 540 g/mol. The van der Waals surface area contributed by atoms with Crippen LogP contribution in [0.4, 0.5) is 0 Å². The number of hydrogen-bond acceptors (Lipinski definition) is 3. The third-order valence-corrected chi connectivity index (χ3v) is 7.47. The van der Waals surface area contributed by atoms with E-state index in [9.17, 15) is 9.90 Å². The summed E-state index contributed by atoms with van der Waals surface area (Å²) in [6.07, 6.45) is 34.9. The largest absolute Gasteiger partial charge is 0.550 e. The molecular weight excluding hydrogens is 470 g/mol. The van der Waals surface area contributed by atoms with Crippen LogP contribution in [0, 0.1) is 0 Å². The topological polar surface area (TPSA) is 60.4 Å². The molecule has 0 aromatic rings. The van der Waals surface area contributed by atoms with Gasteiger partial charge in [-0.25, -0.2) is 0 Å². The Bertz CT molecular complexity index is 490. The van der Waals surface area contributed by atoms with Crippen molar-refractivity contribution >= 4 is 5.97 Å². The second-order valence-electron chi connectivity index (χ2n) is 12.0. The van der Waals surface area contributed by atoms with Crippen molar-refractivity contribution in [1.82, 2.24) is 0 Å². The number of aliphatic hydroxyl groups excluding tert-OH is 1. The van der Waals surface area contributed by atoms with Crippen LogP contribution in [0.15, 0.2) is 12.2 Å². The Morgan fingerprint density at radius 1 is 0.579 bits per heavy atom. The Hall–Kier alpha value is -0.870. The van der Waals surface area contributed by atoms with Gasteiger partial charge in [0.2, 0.25) is 0 Å². The van der Waals surface area contributed by atoms with E-state index in [1.54, 1.807) is 0 Å². The minimum Gasteiger partial charge on any atom is -0.550 e. The van der Waals surface area contributed by atoms with Crippen molar-refractivity contribution in [1.29, 1.82) is 0 Å². The predicted molar refractivity (Wildman–Crippen MR) is 165 cm³/mol. The molecule has 0 radical (unpaired) electrons. The van der Waals surface area contributed by atoms with Crippen molar-refractivity contribution in [3.63, 3.8) is 0 Å². The first-order valence-electron chi connectivity index (χ1n) is 16.7. The number of quaternary nitrogens is 1. The van der Waals surface area contributed by atoms with E-state index >= 15 is 0 Å². The summed E-state index contributed by atoms with van der Waals surface area (Å²) in [5.41, 5.74) is 0. The third kappa shape index (κ3) is 37.3. The smallest absolute Gasteiger partial charge is 0.102 e. The normalized spacial score (nSPS) is 11.6. The van der Waals surface area contributed by atoms with Gasteiger partial charge in [-0.05, 0) is 51.4 Å². The van der Waals surface area contributed by atoms with Crippen molar-refractivity contribution in [3.8, 4) is 0 Å². The highest BCUT2D eigenvalue weighted by molar-refractivity contribution is 5.64. The molecule has 4 heteroatoms. The number of allylic oxidation sites excluding steroid dienone is 2. The number of aliphatic carboxylic acids is 1. The van der Waals surface area contributed by atoms with E-state index in [4.69, 9.17) is 5.11 Å². The van der Waals surface area contributed by atoms with Gasteiger partial charge in [0, 0.05) is 5.97 Å². The molecule has 0 atom stereocenters. The van der Waals surface area contributed by atoms with Crippen LogP contribution < -0.4 is 5.11 Å². The van der Waals surface area contributed by atoms with Crippen LogP contribution in [-0.2, 0) is 4.79 Å². The second kappa shape index (κ2) is 32.3. The van der Waals surface area contributed by atoms with Crippen molar-refractivity contribution < 1.29 is 19.5 Å². The molecule has 0 aromatic heterocycles. The summed E-state index contributed by atoms with van der Waals surface area (Å²) in [5, 5.41) is 19.2. The van der Waals surface area contributed by atoms with Gasteiger partial charge in [0.15, 0.2) is 0 Å². The number of hydrogen-bond donors (Lipinski definition) is 1. The van der Waals surface area contributed by atoms with Gasteiger partial charge in [-0.15, -0.1) is 0 Å². The summed E-state index contributed by atoms with van der Waals surface area (Å²) < 4.78 is 0.966. The highest BCUT2D eigenvalue weighted by atomic mass is 16.4. The Balaban J connectivity index is 0. The molecule has 0 aromatic carbocycles. The number of aliphatic hydroxyl groups is 1. The van der Waals surface area contributed by atoms with E-state index in [0.29, 0.717) is 6.61 Å². The summed E-state index contributed by atoms with van der Waals surface area (Å²) in [6.45, 7) is 6.93. The highest BCUT2D eigenvalue weighted by Gasteiger charge is 2.12. The summed E-state index contributed by atoms with van der Waals surface area (Å²) in [7, 11) is 4.42. The zero-order chi connectivity index (χ0) is 28.6. The Kier molecular flexibility index (Phi) is 33.4. The minimum absolute atomic E-state index is 0.220. The maximum Gasteiger partial charge on any atom is 0.102 e. The van der Waals surface area contributed by atoms with Crippen LogP contribution in [0.1, 0.15) is 168 Å². The number of unbranched alkanes of at least 4 members (excludes halogenated alkanes) is 20. The summed E-state index contributed by atoms with van der Waals surface area (Å²) in [5.74, 6) is -0.914. The fraction of sp³-hybridized carbons (Fsp3) is 0.912. The molecule has 0 saturated heterocycles. The van der Waals surface area contributed by atoms with Crippen LogP contribution in [-0.4, -0.2) is 49.4 Å². The van der Waals surface area contributed by atoms with Gasteiger partial charge in [-0.2, -0.15) is 0 Å². The zero-order valence-electron chi connectivity index (χ0n) is 26.5. The van der Waals surface area contributed by atoms with Gasteiger partial charge in [-0.3, -0.25) is 0 Å². The fourth-order valence-electron chi connectivity index (χ4n) is 4.75. The van der Waals surface area contributed by atoms with Crippen molar-refractivity contribution in [2.45, 2.75) is 168 Å². The van der Waals surface area contributed by atoms with E-state index in [0.717, 1.165) is 30.3 Å². The molecule has 0 fully saturated rings. The zero-order valence-corrected chi connectivity index (χ0v) is 26.5. The first kappa shape index (κ1) is 39.3. The molecule has 4 nitrogen and oxygen atoms in total. The third-order valence-electron chi connectivity index (χ3n) is 7.47. The van der Waals surface area contributed by atoms with Crippen LogP contribution in [0.5, 0.6) is 0 Å². The van der Waals surface area contributed by atoms with Gasteiger partial charge in [0.05, 0.1) is 27.2 Å². The standard InChI is InChI=1S/C18H34O2.C16H36NO/c1-2-3-4-5-6-7-8-9-10-11-12-13-14-15-16-17-18(19)20;1-4-5-6-7-8-9-10-11-12-13-14-17(2,3)15-16-18/h9-10H,2-8,11-17H2,1H3,(H,19,20);18H,4-16H2,1-3H3/q;+1/p-1. The molecule has 0 bridgehead atoms. The lowest BCUT2D eigenvalue weighted by atomic mass is 10.1. The molecule has 0 amide bonds. The van der Waals surface area contributed by atoms with Crippen LogP contribution in [0.25, 0.3) is 0 Å². The summed E-state index contributed by atoms with van der Waals surface area (Å²) >= 11 is 0.